The van der Waals surface area contributed by atoms with Gasteiger partial charge in [-0.1, -0.05) is 322 Å². The Bertz CT molecular complexity index is 806. The van der Waals surface area contributed by atoms with E-state index in [0.29, 0.717) is 12.8 Å². The minimum absolute atomic E-state index is 0.229. The summed E-state index contributed by atoms with van der Waals surface area (Å²) in [5.41, 5.74) is 0. The van der Waals surface area contributed by atoms with Crippen LogP contribution in [0.1, 0.15) is 361 Å². The summed E-state index contributed by atoms with van der Waals surface area (Å²) < 4.78 is 0. The summed E-state index contributed by atoms with van der Waals surface area (Å²) >= 11 is 0. The van der Waals surface area contributed by atoms with Crippen molar-refractivity contribution in [1.82, 2.24) is 10.6 Å². The average molecular weight is 902 g/mol. The Morgan fingerprint density at radius 2 is 0.344 bits per heavy atom. The summed E-state index contributed by atoms with van der Waals surface area (Å²) in [6.07, 6.45) is 73.0. The molecule has 382 valence electrons. The predicted octanol–water partition coefficient (Wildman–Crippen LogP) is 20.3. The van der Waals surface area contributed by atoms with Crippen molar-refractivity contribution in [2.45, 2.75) is 361 Å². The third-order valence-electron chi connectivity index (χ3n) is 14.3. The van der Waals surface area contributed by atoms with Crippen molar-refractivity contribution in [3.8, 4) is 0 Å². The normalized spacial score (nSPS) is 11.5. The highest BCUT2D eigenvalue weighted by Gasteiger charge is 2.04. The summed E-state index contributed by atoms with van der Waals surface area (Å²) in [7, 11) is 0. The van der Waals surface area contributed by atoms with Crippen molar-refractivity contribution >= 4 is 11.8 Å². The lowest BCUT2D eigenvalue weighted by atomic mass is 10.0. The van der Waals surface area contributed by atoms with Crippen LogP contribution in [0.25, 0.3) is 0 Å². The standard InChI is InChI=1S/C60H120N2O2/c1-3-5-7-9-11-13-15-17-19-21-23-25-27-29-31-33-35-37-39-41-43-45-47-51-55-59(63)61-57-53-49-50-54-58-62-60(64)56-52-48-46-44-42-40-38-36-34-32-30-28-26-24-22-20-18-16-14-12-10-8-6-4-2/h3-58H2,1-2H3,(H,61,63)(H,62,64). The first-order chi connectivity index (χ1) is 31.7. The summed E-state index contributed by atoms with van der Waals surface area (Å²) in [5, 5.41) is 6.24. The van der Waals surface area contributed by atoms with Crippen LogP contribution >= 0.6 is 0 Å². The number of carbonyl (C=O) groups is 2. The molecule has 0 radical (unpaired) electrons. The highest BCUT2D eigenvalue weighted by Crippen LogP contribution is 2.18. The molecule has 0 atom stereocenters. The fourth-order valence-corrected chi connectivity index (χ4v) is 9.73. The lowest BCUT2D eigenvalue weighted by molar-refractivity contribution is -0.122. The average Bonchev–Trinajstić information content (AvgIpc) is 3.30. The fraction of sp³-hybridized carbons (Fsp3) is 0.967. The van der Waals surface area contributed by atoms with Gasteiger partial charge in [0.15, 0.2) is 0 Å². The van der Waals surface area contributed by atoms with Crippen molar-refractivity contribution in [2.24, 2.45) is 0 Å². The molecule has 0 heterocycles. The summed E-state index contributed by atoms with van der Waals surface area (Å²) in [6, 6.07) is 0. The van der Waals surface area contributed by atoms with Crippen LogP contribution in [0.15, 0.2) is 0 Å². The fourth-order valence-electron chi connectivity index (χ4n) is 9.73. The Hall–Kier alpha value is -1.06. The van der Waals surface area contributed by atoms with Gasteiger partial charge < -0.3 is 10.6 Å². The Morgan fingerprint density at radius 1 is 0.203 bits per heavy atom. The molecule has 0 saturated carbocycles. The van der Waals surface area contributed by atoms with Gasteiger partial charge in [-0.3, -0.25) is 9.59 Å². The minimum Gasteiger partial charge on any atom is -0.356 e. The monoisotopic (exact) mass is 901 g/mol. The first-order valence-electron chi connectivity index (χ1n) is 30.2. The molecular formula is C60H120N2O2. The number of unbranched alkanes of at least 4 members (excludes halogenated alkanes) is 49. The van der Waals surface area contributed by atoms with Gasteiger partial charge in [-0.05, 0) is 25.7 Å². The molecule has 0 spiro atoms. The van der Waals surface area contributed by atoms with Crippen molar-refractivity contribution in [3.05, 3.63) is 0 Å². The van der Waals surface area contributed by atoms with E-state index in [1.807, 2.05) is 0 Å². The quantitative estimate of drug-likeness (QED) is 0.0598. The van der Waals surface area contributed by atoms with Gasteiger partial charge in [0.25, 0.3) is 0 Å². The zero-order valence-corrected chi connectivity index (χ0v) is 44.4. The first kappa shape index (κ1) is 62.9. The molecule has 0 unspecified atom stereocenters. The van der Waals surface area contributed by atoms with E-state index in [9.17, 15) is 9.59 Å². The Kier molecular flexibility index (Phi) is 57.1. The van der Waals surface area contributed by atoms with E-state index in [1.54, 1.807) is 0 Å². The smallest absolute Gasteiger partial charge is 0.219 e. The van der Waals surface area contributed by atoms with Gasteiger partial charge >= 0.3 is 0 Å². The van der Waals surface area contributed by atoms with Crippen molar-refractivity contribution in [2.75, 3.05) is 13.1 Å². The molecule has 2 N–H and O–H groups in total. The molecule has 0 aromatic carbocycles. The maximum atomic E-state index is 12.2. The molecule has 2 amide bonds. The van der Waals surface area contributed by atoms with Crippen LogP contribution in [0, 0.1) is 0 Å². The topological polar surface area (TPSA) is 58.2 Å². The van der Waals surface area contributed by atoms with E-state index in [1.165, 1.54) is 295 Å². The Labute approximate surface area is 404 Å². The molecule has 64 heavy (non-hydrogen) atoms. The molecule has 0 fully saturated rings. The largest absolute Gasteiger partial charge is 0.356 e. The van der Waals surface area contributed by atoms with E-state index in [4.69, 9.17) is 0 Å². The summed E-state index contributed by atoms with van der Waals surface area (Å²) in [5.74, 6) is 0.457. The molecule has 4 heteroatoms. The van der Waals surface area contributed by atoms with Crippen molar-refractivity contribution in [1.29, 1.82) is 0 Å². The Balaban J connectivity index is 3.22. The van der Waals surface area contributed by atoms with Crippen molar-refractivity contribution < 1.29 is 9.59 Å². The van der Waals surface area contributed by atoms with Gasteiger partial charge in [-0.15, -0.1) is 0 Å². The second-order valence-electron chi connectivity index (χ2n) is 20.9. The number of rotatable bonds is 57. The number of hydrogen-bond acceptors (Lipinski definition) is 2. The van der Waals surface area contributed by atoms with Crippen LogP contribution in [-0.2, 0) is 9.59 Å². The molecule has 0 aliphatic rings. The maximum absolute atomic E-state index is 12.2. The van der Waals surface area contributed by atoms with Gasteiger partial charge in [0.2, 0.25) is 11.8 Å². The molecular weight excluding hydrogens is 781 g/mol. The molecule has 0 aromatic heterocycles. The summed E-state index contributed by atoms with van der Waals surface area (Å²) in [6.45, 7) is 6.20. The maximum Gasteiger partial charge on any atom is 0.219 e. The lowest BCUT2D eigenvalue weighted by Crippen LogP contribution is -2.24. The number of amides is 2. The molecule has 0 saturated heterocycles. The third-order valence-corrected chi connectivity index (χ3v) is 14.3. The SMILES string of the molecule is CCCCCCCCCCCCCCCCCCCCCCCCCCC(=O)NCCCCCCNC(=O)CCCCCCCCCCCCCCCCCCCCCCCCCC. The molecule has 0 aliphatic carbocycles. The van der Waals surface area contributed by atoms with Gasteiger partial charge in [-0.2, -0.15) is 0 Å². The predicted molar refractivity (Wildman–Crippen MR) is 287 cm³/mol. The van der Waals surface area contributed by atoms with E-state index in [-0.39, 0.29) is 11.8 Å². The molecule has 0 rings (SSSR count). The van der Waals surface area contributed by atoms with Crippen LogP contribution < -0.4 is 10.6 Å². The van der Waals surface area contributed by atoms with Crippen molar-refractivity contribution in [3.63, 3.8) is 0 Å². The number of hydrogen-bond donors (Lipinski definition) is 2. The van der Waals surface area contributed by atoms with Crippen LogP contribution in [0.3, 0.4) is 0 Å². The minimum atomic E-state index is 0.229. The van der Waals surface area contributed by atoms with E-state index in [2.05, 4.69) is 24.5 Å². The first-order valence-corrected chi connectivity index (χ1v) is 30.2. The zero-order chi connectivity index (χ0) is 46.2. The lowest BCUT2D eigenvalue weighted by Gasteiger charge is -2.07. The van der Waals surface area contributed by atoms with Crippen LogP contribution in [-0.4, -0.2) is 24.9 Å². The highest BCUT2D eigenvalue weighted by atomic mass is 16.2. The van der Waals surface area contributed by atoms with Gasteiger partial charge in [0.1, 0.15) is 0 Å². The number of carbonyl (C=O) groups excluding carboxylic acids is 2. The molecule has 0 aliphatic heterocycles. The van der Waals surface area contributed by atoms with E-state index in [0.717, 1.165) is 51.6 Å². The van der Waals surface area contributed by atoms with Crippen LogP contribution in [0.4, 0.5) is 0 Å². The zero-order valence-electron chi connectivity index (χ0n) is 44.4. The second-order valence-corrected chi connectivity index (χ2v) is 20.9. The summed E-state index contributed by atoms with van der Waals surface area (Å²) in [4.78, 5) is 24.4. The Morgan fingerprint density at radius 3 is 0.516 bits per heavy atom. The third kappa shape index (κ3) is 57.1. The molecule has 4 nitrogen and oxygen atoms in total. The number of nitrogens with one attached hydrogen (secondary N) is 2. The van der Waals surface area contributed by atoms with E-state index >= 15 is 0 Å². The van der Waals surface area contributed by atoms with Crippen LogP contribution in [0.5, 0.6) is 0 Å². The van der Waals surface area contributed by atoms with E-state index < -0.39 is 0 Å². The van der Waals surface area contributed by atoms with Crippen LogP contribution in [0.2, 0.25) is 0 Å². The second kappa shape index (κ2) is 58.1. The van der Waals surface area contributed by atoms with Gasteiger partial charge in [0, 0.05) is 25.9 Å². The molecule has 0 bridgehead atoms. The molecule has 0 aromatic rings. The van der Waals surface area contributed by atoms with Gasteiger partial charge in [0.05, 0.1) is 0 Å². The van der Waals surface area contributed by atoms with Gasteiger partial charge in [-0.25, -0.2) is 0 Å². The highest BCUT2D eigenvalue weighted by molar-refractivity contribution is 5.76.